The molecule has 8 nitrogen and oxygen atoms in total. The number of carbonyl (C=O) groups is 2. The van der Waals surface area contributed by atoms with Gasteiger partial charge in [-0.1, -0.05) is 23.7 Å². The highest BCUT2D eigenvalue weighted by Crippen LogP contribution is 2.28. The molecule has 1 aliphatic rings. The number of anilines is 1. The highest BCUT2D eigenvalue weighted by Gasteiger charge is 2.23. The quantitative estimate of drug-likeness (QED) is 0.623. The Morgan fingerprint density at radius 2 is 1.82 bits per heavy atom. The second-order valence-corrected chi connectivity index (χ2v) is 8.67. The molecular formula is C24H26ClN5O3. The standard InChI is InChI=1S/C24H26ClN5O3/c1-28(2)24(33)16-7-8-20(18(25)15-16)29-11-13-30(14-12-29)22(31)10-9-21-26-19-6-4-3-5-17(19)23(32)27-21/h3-8,15H,9-14H2,1-2H3,(H,26,27,32). The maximum absolute atomic E-state index is 12.7. The van der Waals surface area contributed by atoms with Gasteiger partial charge in [0.2, 0.25) is 5.91 Å². The van der Waals surface area contributed by atoms with Crippen LogP contribution < -0.4 is 10.5 Å². The van der Waals surface area contributed by atoms with Gasteiger partial charge in [-0.3, -0.25) is 14.4 Å². The molecule has 2 heterocycles. The molecule has 1 saturated heterocycles. The summed E-state index contributed by atoms with van der Waals surface area (Å²) in [7, 11) is 3.40. The van der Waals surface area contributed by atoms with E-state index in [1.807, 2.05) is 17.0 Å². The van der Waals surface area contributed by atoms with Crippen molar-refractivity contribution in [2.45, 2.75) is 12.8 Å². The topological polar surface area (TPSA) is 89.6 Å². The van der Waals surface area contributed by atoms with Crippen LogP contribution in [0.4, 0.5) is 5.69 Å². The number of rotatable bonds is 5. The van der Waals surface area contributed by atoms with E-state index in [0.29, 0.717) is 59.9 Å². The van der Waals surface area contributed by atoms with Crippen LogP contribution in [0.1, 0.15) is 22.6 Å². The number of nitrogens with zero attached hydrogens (tertiary/aromatic N) is 4. The third-order valence-corrected chi connectivity index (χ3v) is 6.11. The van der Waals surface area contributed by atoms with Crippen LogP contribution in [0.5, 0.6) is 0 Å². The first kappa shape index (κ1) is 22.8. The van der Waals surface area contributed by atoms with Gasteiger partial charge < -0.3 is 19.7 Å². The maximum Gasteiger partial charge on any atom is 0.258 e. The molecule has 1 aromatic heterocycles. The lowest BCUT2D eigenvalue weighted by atomic mass is 10.1. The van der Waals surface area contributed by atoms with Gasteiger partial charge in [-0.25, -0.2) is 4.98 Å². The molecule has 1 N–H and O–H groups in total. The molecule has 0 aliphatic carbocycles. The number of fused-ring (bicyclic) bond motifs is 1. The minimum absolute atomic E-state index is 0.0310. The van der Waals surface area contributed by atoms with Crippen molar-refractivity contribution in [2.75, 3.05) is 45.2 Å². The molecule has 0 unspecified atom stereocenters. The van der Waals surface area contributed by atoms with Crippen LogP contribution in [0.25, 0.3) is 10.9 Å². The van der Waals surface area contributed by atoms with Crippen molar-refractivity contribution in [3.05, 3.63) is 69.2 Å². The molecule has 172 valence electrons. The minimum atomic E-state index is -0.188. The molecule has 2 aromatic carbocycles. The number of carbonyl (C=O) groups excluding carboxylic acids is 2. The average molecular weight is 468 g/mol. The van der Waals surface area contributed by atoms with E-state index < -0.39 is 0 Å². The van der Waals surface area contributed by atoms with E-state index in [0.717, 1.165) is 5.69 Å². The molecule has 4 rings (SSSR count). The van der Waals surface area contributed by atoms with Crippen molar-refractivity contribution in [3.8, 4) is 0 Å². The molecular weight excluding hydrogens is 442 g/mol. The van der Waals surface area contributed by atoms with Crippen LogP contribution >= 0.6 is 11.6 Å². The number of halogens is 1. The fraction of sp³-hybridized carbons (Fsp3) is 0.333. The van der Waals surface area contributed by atoms with Crippen LogP contribution in [-0.2, 0) is 11.2 Å². The van der Waals surface area contributed by atoms with Gasteiger partial charge in [0.05, 0.1) is 21.6 Å². The molecule has 0 radical (unpaired) electrons. The van der Waals surface area contributed by atoms with Gasteiger partial charge in [0.1, 0.15) is 5.82 Å². The summed E-state index contributed by atoms with van der Waals surface area (Å²) in [6.07, 6.45) is 0.662. The van der Waals surface area contributed by atoms with Gasteiger partial charge in [-0.05, 0) is 30.3 Å². The Labute approximate surface area is 196 Å². The van der Waals surface area contributed by atoms with Gasteiger partial charge in [0, 0.05) is 58.7 Å². The zero-order chi connectivity index (χ0) is 23.5. The van der Waals surface area contributed by atoms with Crippen molar-refractivity contribution < 1.29 is 9.59 Å². The fourth-order valence-corrected chi connectivity index (χ4v) is 4.29. The molecule has 33 heavy (non-hydrogen) atoms. The largest absolute Gasteiger partial charge is 0.367 e. The summed E-state index contributed by atoms with van der Waals surface area (Å²) >= 11 is 6.45. The summed E-state index contributed by atoms with van der Waals surface area (Å²) in [6, 6.07) is 12.5. The van der Waals surface area contributed by atoms with Crippen LogP contribution in [0, 0.1) is 0 Å². The minimum Gasteiger partial charge on any atom is -0.367 e. The normalized spacial score (nSPS) is 13.9. The number of H-pyrrole nitrogens is 1. The monoisotopic (exact) mass is 467 g/mol. The summed E-state index contributed by atoms with van der Waals surface area (Å²) in [5.74, 6) is 0.453. The number of aryl methyl sites for hydroxylation is 1. The van der Waals surface area contributed by atoms with Crippen LogP contribution in [0.3, 0.4) is 0 Å². The Bertz CT molecular complexity index is 1250. The zero-order valence-electron chi connectivity index (χ0n) is 18.7. The summed E-state index contributed by atoms with van der Waals surface area (Å²) < 4.78 is 0. The van der Waals surface area contributed by atoms with Crippen molar-refractivity contribution in [1.29, 1.82) is 0 Å². The number of para-hydroxylation sites is 1. The Hall–Kier alpha value is -3.39. The number of nitrogens with one attached hydrogen (secondary N) is 1. The van der Waals surface area contributed by atoms with E-state index >= 15 is 0 Å². The van der Waals surface area contributed by atoms with E-state index in [1.54, 1.807) is 44.4 Å². The van der Waals surface area contributed by atoms with Gasteiger partial charge in [0.25, 0.3) is 11.5 Å². The number of benzene rings is 2. The van der Waals surface area contributed by atoms with E-state index in [2.05, 4.69) is 14.9 Å². The predicted molar refractivity (Wildman–Crippen MR) is 129 cm³/mol. The molecule has 0 spiro atoms. The summed E-state index contributed by atoms with van der Waals surface area (Å²) in [5, 5.41) is 1.07. The number of piperazine rings is 1. The first-order chi connectivity index (χ1) is 15.8. The van der Waals surface area contributed by atoms with E-state index in [4.69, 9.17) is 11.6 Å². The van der Waals surface area contributed by atoms with Crippen molar-refractivity contribution >= 4 is 40.0 Å². The fourth-order valence-electron chi connectivity index (χ4n) is 3.99. The molecule has 1 fully saturated rings. The summed E-state index contributed by atoms with van der Waals surface area (Å²) in [4.78, 5) is 49.8. The number of aromatic nitrogens is 2. The zero-order valence-corrected chi connectivity index (χ0v) is 19.4. The van der Waals surface area contributed by atoms with Crippen molar-refractivity contribution in [1.82, 2.24) is 19.8 Å². The third kappa shape index (κ3) is 5.01. The second kappa shape index (κ2) is 9.62. The lowest BCUT2D eigenvalue weighted by Gasteiger charge is -2.36. The van der Waals surface area contributed by atoms with E-state index in [9.17, 15) is 14.4 Å². The maximum atomic E-state index is 12.7. The molecule has 1 aliphatic heterocycles. The molecule has 0 atom stereocenters. The van der Waals surface area contributed by atoms with Gasteiger partial charge >= 0.3 is 0 Å². The molecule has 3 aromatic rings. The number of amides is 2. The predicted octanol–water partition coefficient (Wildman–Crippen LogP) is 2.56. The molecule has 0 saturated carbocycles. The number of aromatic amines is 1. The van der Waals surface area contributed by atoms with Gasteiger partial charge in [0.15, 0.2) is 0 Å². The van der Waals surface area contributed by atoms with Crippen molar-refractivity contribution in [2.24, 2.45) is 0 Å². The Kier molecular flexibility index (Phi) is 6.65. The Morgan fingerprint density at radius 1 is 1.09 bits per heavy atom. The summed E-state index contributed by atoms with van der Waals surface area (Å²) in [6.45, 7) is 2.46. The first-order valence-corrected chi connectivity index (χ1v) is 11.2. The molecule has 9 heteroatoms. The average Bonchev–Trinajstić information content (AvgIpc) is 2.82. The molecule has 0 bridgehead atoms. The van der Waals surface area contributed by atoms with E-state index in [1.165, 1.54) is 4.90 Å². The number of hydrogen-bond donors (Lipinski definition) is 1. The number of hydrogen-bond acceptors (Lipinski definition) is 5. The van der Waals surface area contributed by atoms with E-state index in [-0.39, 0.29) is 23.8 Å². The summed E-state index contributed by atoms with van der Waals surface area (Å²) in [5.41, 5.74) is 1.85. The smallest absolute Gasteiger partial charge is 0.258 e. The van der Waals surface area contributed by atoms with Crippen LogP contribution in [0.15, 0.2) is 47.3 Å². The Morgan fingerprint density at radius 3 is 2.52 bits per heavy atom. The van der Waals surface area contributed by atoms with Gasteiger partial charge in [-0.15, -0.1) is 0 Å². The molecule has 2 amide bonds. The first-order valence-electron chi connectivity index (χ1n) is 10.9. The lowest BCUT2D eigenvalue weighted by molar-refractivity contribution is -0.131. The van der Waals surface area contributed by atoms with Crippen LogP contribution in [0.2, 0.25) is 5.02 Å². The lowest BCUT2D eigenvalue weighted by Crippen LogP contribution is -2.49. The highest BCUT2D eigenvalue weighted by molar-refractivity contribution is 6.33. The van der Waals surface area contributed by atoms with Crippen LogP contribution in [-0.4, -0.2) is 71.9 Å². The highest BCUT2D eigenvalue weighted by atomic mass is 35.5. The van der Waals surface area contributed by atoms with Crippen molar-refractivity contribution in [3.63, 3.8) is 0 Å². The third-order valence-electron chi connectivity index (χ3n) is 5.81. The van der Waals surface area contributed by atoms with Gasteiger partial charge in [-0.2, -0.15) is 0 Å². The SMILES string of the molecule is CN(C)C(=O)c1ccc(N2CCN(C(=O)CCc3nc4ccccc4c(=O)[nH]3)CC2)c(Cl)c1. The Balaban J connectivity index is 1.34. The second-order valence-electron chi connectivity index (χ2n) is 8.26.